The van der Waals surface area contributed by atoms with Gasteiger partial charge in [-0.15, -0.1) is 0 Å². The molecule has 4 N–H and O–H groups in total. The van der Waals surface area contributed by atoms with E-state index in [0.717, 1.165) is 18.8 Å². The highest BCUT2D eigenvalue weighted by molar-refractivity contribution is 5.59. The van der Waals surface area contributed by atoms with E-state index >= 15 is 0 Å². The molecule has 5 heteroatoms. The molecule has 1 aromatic rings. The van der Waals surface area contributed by atoms with Gasteiger partial charge in [0.05, 0.1) is 17.8 Å². The number of nitrogens with two attached hydrogens (primary N) is 2. The number of hydrogen-bond donors (Lipinski definition) is 2. The number of benzene rings is 1. The molecular formula is C12H17N5. The van der Waals surface area contributed by atoms with Crippen molar-refractivity contribution in [2.24, 2.45) is 11.5 Å². The standard InChI is InChI=1S/C12H17N5/c1-16-6-7-17(9-12(16,14)15)11-5-3-2-4-10(11)8-13/h2-5H,6-7,9,14-15H2,1H3. The highest BCUT2D eigenvalue weighted by atomic mass is 15.4. The highest BCUT2D eigenvalue weighted by Gasteiger charge is 2.33. The van der Waals surface area contributed by atoms with E-state index in [-0.39, 0.29) is 0 Å². The van der Waals surface area contributed by atoms with Crippen molar-refractivity contribution in [1.29, 1.82) is 5.26 Å². The summed E-state index contributed by atoms with van der Waals surface area (Å²) in [5.41, 5.74) is 13.6. The first-order valence-corrected chi connectivity index (χ1v) is 5.57. The van der Waals surface area contributed by atoms with Crippen molar-refractivity contribution in [3.8, 4) is 6.07 Å². The molecule has 0 aromatic heterocycles. The van der Waals surface area contributed by atoms with Crippen LogP contribution in [0.15, 0.2) is 24.3 Å². The molecule has 90 valence electrons. The summed E-state index contributed by atoms with van der Waals surface area (Å²) in [6.07, 6.45) is 0. The van der Waals surface area contributed by atoms with E-state index in [2.05, 4.69) is 11.0 Å². The zero-order valence-electron chi connectivity index (χ0n) is 9.93. The van der Waals surface area contributed by atoms with Gasteiger partial charge in [0, 0.05) is 13.1 Å². The van der Waals surface area contributed by atoms with Crippen molar-refractivity contribution in [2.75, 3.05) is 31.6 Å². The normalized spacial score (nSPS) is 20.0. The fourth-order valence-electron chi connectivity index (χ4n) is 2.03. The second-order valence-corrected chi connectivity index (χ2v) is 4.46. The topological polar surface area (TPSA) is 82.3 Å². The third-order valence-corrected chi connectivity index (χ3v) is 3.23. The molecule has 1 saturated heterocycles. The predicted molar refractivity (Wildman–Crippen MR) is 67.1 cm³/mol. The van der Waals surface area contributed by atoms with Crippen molar-refractivity contribution in [1.82, 2.24) is 4.90 Å². The zero-order valence-corrected chi connectivity index (χ0v) is 9.93. The molecule has 2 rings (SSSR count). The summed E-state index contributed by atoms with van der Waals surface area (Å²) in [4.78, 5) is 4.00. The summed E-state index contributed by atoms with van der Waals surface area (Å²) in [6, 6.07) is 9.71. The fraction of sp³-hybridized carbons (Fsp3) is 0.417. The molecule has 0 saturated carbocycles. The van der Waals surface area contributed by atoms with Gasteiger partial charge in [-0.2, -0.15) is 5.26 Å². The molecule has 5 nitrogen and oxygen atoms in total. The number of nitrogens with zero attached hydrogens (tertiary/aromatic N) is 3. The number of anilines is 1. The van der Waals surface area contributed by atoms with Crippen molar-refractivity contribution >= 4 is 5.69 Å². The predicted octanol–water partition coefficient (Wildman–Crippen LogP) is -0.119. The van der Waals surface area contributed by atoms with Gasteiger partial charge in [0.25, 0.3) is 0 Å². The quantitative estimate of drug-likeness (QED) is 0.659. The van der Waals surface area contributed by atoms with Gasteiger partial charge in [-0.1, -0.05) is 12.1 Å². The molecule has 0 aliphatic carbocycles. The van der Waals surface area contributed by atoms with Crippen molar-refractivity contribution in [2.45, 2.75) is 5.79 Å². The maximum Gasteiger partial charge on any atom is 0.138 e. The Morgan fingerprint density at radius 1 is 1.29 bits per heavy atom. The Balaban J connectivity index is 2.27. The van der Waals surface area contributed by atoms with Crippen molar-refractivity contribution < 1.29 is 0 Å². The van der Waals surface area contributed by atoms with Crippen molar-refractivity contribution in [3.63, 3.8) is 0 Å². The van der Waals surface area contributed by atoms with E-state index in [1.54, 1.807) is 0 Å². The van der Waals surface area contributed by atoms with Crippen LogP contribution in [0.4, 0.5) is 5.69 Å². The average Bonchev–Trinajstić information content (AvgIpc) is 2.32. The van der Waals surface area contributed by atoms with Crippen LogP contribution in [-0.2, 0) is 0 Å². The summed E-state index contributed by atoms with van der Waals surface area (Å²) in [5.74, 6) is -0.846. The first-order chi connectivity index (χ1) is 8.04. The van der Waals surface area contributed by atoms with Gasteiger partial charge in [-0.3, -0.25) is 16.4 Å². The van der Waals surface area contributed by atoms with Crippen molar-refractivity contribution in [3.05, 3.63) is 29.8 Å². The molecule has 1 aromatic carbocycles. The van der Waals surface area contributed by atoms with E-state index < -0.39 is 5.79 Å². The van der Waals surface area contributed by atoms with E-state index in [1.165, 1.54) is 0 Å². The lowest BCUT2D eigenvalue weighted by Crippen LogP contribution is -2.71. The maximum atomic E-state index is 9.08. The number of rotatable bonds is 1. The molecule has 1 aliphatic rings. The van der Waals surface area contributed by atoms with Crippen LogP contribution in [0.2, 0.25) is 0 Å². The van der Waals surface area contributed by atoms with E-state index in [0.29, 0.717) is 12.1 Å². The largest absolute Gasteiger partial charge is 0.365 e. The van der Waals surface area contributed by atoms with Crippen LogP contribution < -0.4 is 16.4 Å². The van der Waals surface area contributed by atoms with Crippen LogP contribution in [0.25, 0.3) is 0 Å². The number of piperazine rings is 1. The lowest BCUT2D eigenvalue weighted by Gasteiger charge is -2.45. The fourth-order valence-corrected chi connectivity index (χ4v) is 2.03. The van der Waals surface area contributed by atoms with Crippen LogP contribution in [0.1, 0.15) is 5.56 Å². The van der Waals surface area contributed by atoms with Gasteiger partial charge in [0.1, 0.15) is 11.9 Å². The summed E-state index contributed by atoms with van der Waals surface area (Å²) in [7, 11) is 1.91. The van der Waals surface area contributed by atoms with Crippen LogP contribution in [0.3, 0.4) is 0 Å². The zero-order chi connectivity index (χ0) is 12.5. The van der Waals surface area contributed by atoms with Gasteiger partial charge in [-0.25, -0.2) is 0 Å². The number of nitriles is 1. The Labute approximate surface area is 101 Å². The molecule has 0 bridgehead atoms. The Morgan fingerprint density at radius 2 is 2.00 bits per heavy atom. The lowest BCUT2D eigenvalue weighted by atomic mass is 10.1. The average molecular weight is 231 g/mol. The molecular weight excluding hydrogens is 214 g/mol. The summed E-state index contributed by atoms with van der Waals surface area (Å²) < 4.78 is 0. The van der Waals surface area contributed by atoms with Crippen LogP contribution >= 0.6 is 0 Å². The molecule has 17 heavy (non-hydrogen) atoms. The molecule has 1 aliphatic heterocycles. The molecule has 1 heterocycles. The molecule has 0 amide bonds. The van der Waals surface area contributed by atoms with Gasteiger partial charge >= 0.3 is 0 Å². The van der Waals surface area contributed by atoms with E-state index in [1.807, 2.05) is 36.2 Å². The molecule has 0 spiro atoms. The Kier molecular flexibility index (Phi) is 3.03. The second-order valence-electron chi connectivity index (χ2n) is 4.46. The molecule has 0 unspecified atom stereocenters. The summed E-state index contributed by atoms with van der Waals surface area (Å²) in [5, 5.41) is 9.08. The van der Waals surface area contributed by atoms with Crippen LogP contribution in [0.5, 0.6) is 0 Å². The minimum atomic E-state index is -0.846. The van der Waals surface area contributed by atoms with E-state index in [9.17, 15) is 0 Å². The van der Waals surface area contributed by atoms with Gasteiger partial charge in [0.15, 0.2) is 0 Å². The summed E-state index contributed by atoms with van der Waals surface area (Å²) >= 11 is 0. The monoisotopic (exact) mass is 231 g/mol. The smallest absolute Gasteiger partial charge is 0.138 e. The number of likely N-dealkylation sites (N-methyl/N-ethyl adjacent to an activating group) is 1. The van der Waals surface area contributed by atoms with Gasteiger partial charge in [0.2, 0.25) is 0 Å². The lowest BCUT2D eigenvalue weighted by molar-refractivity contribution is 0.115. The van der Waals surface area contributed by atoms with Crippen LogP contribution in [0, 0.1) is 11.3 Å². The first kappa shape index (κ1) is 11.9. The van der Waals surface area contributed by atoms with Crippen LogP contribution in [-0.4, -0.2) is 37.4 Å². The minimum Gasteiger partial charge on any atom is -0.365 e. The summed E-state index contributed by atoms with van der Waals surface area (Å²) in [6.45, 7) is 2.13. The number of para-hydroxylation sites is 1. The third-order valence-electron chi connectivity index (χ3n) is 3.23. The Hall–Kier alpha value is -1.61. The Bertz CT molecular complexity index is 448. The number of hydrogen-bond acceptors (Lipinski definition) is 5. The molecule has 0 atom stereocenters. The molecule has 1 fully saturated rings. The Morgan fingerprint density at radius 3 is 2.65 bits per heavy atom. The SMILES string of the molecule is CN1CCN(c2ccccc2C#N)CC1(N)N. The van der Waals surface area contributed by atoms with Gasteiger partial charge < -0.3 is 4.90 Å². The first-order valence-electron chi connectivity index (χ1n) is 5.57. The maximum absolute atomic E-state index is 9.08. The van der Waals surface area contributed by atoms with E-state index in [4.69, 9.17) is 16.7 Å². The third kappa shape index (κ3) is 2.24. The minimum absolute atomic E-state index is 0.516. The van der Waals surface area contributed by atoms with Gasteiger partial charge in [-0.05, 0) is 19.2 Å². The highest BCUT2D eigenvalue weighted by Crippen LogP contribution is 2.23. The second kappa shape index (κ2) is 4.34. The molecule has 0 radical (unpaired) electrons.